The summed E-state index contributed by atoms with van der Waals surface area (Å²) in [5.41, 5.74) is 1.13. The highest BCUT2D eigenvalue weighted by Gasteiger charge is 2.44. The van der Waals surface area contributed by atoms with E-state index in [4.69, 9.17) is 4.74 Å². The van der Waals surface area contributed by atoms with Crippen LogP contribution in [0.15, 0.2) is 24.3 Å². The third-order valence-corrected chi connectivity index (χ3v) is 3.47. The number of halogens is 1. The lowest BCUT2D eigenvalue weighted by Crippen LogP contribution is -2.32. The Bertz CT molecular complexity index is 412. The zero-order chi connectivity index (χ0) is 13.0. The van der Waals surface area contributed by atoms with Gasteiger partial charge in [-0.25, -0.2) is 4.39 Å². The molecule has 1 aromatic rings. The average molecular weight is 251 g/mol. The largest absolute Gasteiger partial charge is 0.384 e. The van der Waals surface area contributed by atoms with Crippen LogP contribution in [0.5, 0.6) is 0 Å². The molecule has 1 aromatic carbocycles. The lowest BCUT2D eigenvalue weighted by atomic mass is 9.96. The molecule has 1 amide bonds. The summed E-state index contributed by atoms with van der Waals surface area (Å²) in [5.74, 6) is -0.219. The molecule has 1 saturated carbocycles. The van der Waals surface area contributed by atoms with E-state index in [1.165, 1.54) is 12.1 Å². The normalized spacial score (nSPS) is 16.3. The van der Waals surface area contributed by atoms with Gasteiger partial charge in [-0.1, -0.05) is 12.1 Å². The van der Waals surface area contributed by atoms with Crippen LogP contribution in [0.4, 0.5) is 4.39 Å². The number of carbonyl (C=O) groups excluding carboxylic acids is 1. The highest BCUT2D eigenvalue weighted by Crippen LogP contribution is 2.47. The summed E-state index contributed by atoms with van der Waals surface area (Å²) >= 11 is 0. The zero-order valence-electron chi connectivity index (χ0n) is 10.5. The Labute approximate surface area is 106 Å². The second kappa shape index (κ2) is 5.48. The quantitative estimate of drug-likeness (QED) is 0.840. The molecule has 98 valence electrons. The first-order chi connectivity index (χ1) is 8.66. The number of rotatable bonds is 6. The maximum atomic E-state index is 12.9. The standard InChI is InChI=1S/C14H18FNO2/c1-18-9-6-13(17)16-10-14(7-8-14)11-2-4-12(15)5-3-11/h2-5H,6-10H2,1H3,(H,16,17). The van der Waals surface area contributed by atoms with Crippen molar-refractivity contribution in [3.8, 4) is 0 Å². The van der Waals surface area contributed by atoms with Crippen LogP contribution in [0.2, 0.25) is 0 Å². The lowest BCUT2D eigenvalue weighted by Gasteiger charge is -2.16. The van der Waals surface area contributed by atoms with Crippen LogP contribution in [0.25, 0.3) is 0 Å². The molecule has 0 heterocycles. The van der Waals surface area contributed by atoms with Gasteiger partial charge in [-0.2, -0.15) is 0 Å². The van der Waals surface area contributed by atoms with Crippen molar-refractivity contribution in [2.24, 2.45) is 0 Å². The van der Waals surface area contributed by atoms with Crippen molar-refractivity contribution in [3.63, 3.8) is 0 Å². The van der Waals surface area contributed by atoms with Crippen LogP contribution in [0, 0.1) is 5.82 Å². The Morgan fingerprint density at radius 2 is 2.06 bits per heavy atom. The summed E-state index contributed by atoms with van der Waals surface area (Å²) in [5, 5.41) is 2.92. The van der Waals surface area contributed by atoms with Crippen molar-refractivity contribution in [3.05, 3.63) is 35.6 Å². The molecule has 0 radical (unpaired) electrons. The Morgan fingerprint density at radius 1 is 1.39 bits per heavy atom. The Kier molecular flexibility index (Phi) is 3.97. The lowest BCUT2D eigenvalue weighted by molar-refractivity contribution is -0.122. The van der Waals surface area contributed by atoms with E-state index >= 15 is 0 Å². The van der Waals surface area contributed by atoms with Gasteiger partial charge < -0.3 is 10.1 Å². The molecule has 0 aromatic heterocycles. The molecule has 1 fully saturated rings. The fourth-order valence-electron chi connectivity index (χ4n) is 2.07. The molecule has 18 heavy (non-hydrogen) atoms. The van der Waals surface area contributed by atoms with E-state index < -0.39 is 0 Å². The molecule has 0 bridgehead atoms. The molecule has 1 N–H and O–H groups in total. The molecule has 0 atom stereocenters. The minimum absolute atomic E-state index is 0.00485. The number of hydrogen-bond donors (Lipinski definition) is 1. The summed E-state index contributed by atoms with van der Waals surface area (Å²) in [4.78, 5) is 11.5. The van der Waals surface area contributed by atoms with Crippen molar-refractivity contribution in [2.45, 2.75) is 24.7 Å². The molecule has 1 aliphatic carbocycles. The Hall–Kier alpha value is -1.42. The van der Waals surface area contributed by atoms with E-state index in [9.17, 15) is 9.18 Å². The van der Waals surface area contributed by atoms with E-state index in [0.29, 0.717) is 19.6 Å². The van der Waals surface area contributed by atoms with Gasteiger partial charge in [0.25, 0.3) is 0 Å². The predicted molar refractivity (Wildman–Crippen MR) is 66.8 cm³/mol. The number of carbonyl (C=O) groups is 1. The molecule has 2 rings (SSSR count). The van der Waals surface area contributed by atoms with Crippen LogP contribution in [0.3, 0.4) is 0 Å². The number of amides is 1. The van der Waals surface area contributed by atoms with Gasteiger partial charge in [0.15, 0.2) is 0 Å². The summed E-state index contributed by atoms with van der Waals surface area (Å²) in [6.07, 6.45) is 2.47. The number of hydrogen-bond acceptors (Lipinski definition) is 2. The van der Waals surface area contributed by atoms with E-state index in [2.05, 4.69) is 5.32 Å². The molecular formula is C14H18FNO2. The minimum atomic E-state index is -0.223. The van der Waals surface area contributed by atoms with Crippen molar-refractivity contribution in [1.29, 1.82) is 0 Å². The van der Waals surface area contributed by atoms with Gasteiger partial charge >= 0.3 is 0 Å². The SMILES string of the molecule is COCCC(=O)NCC1(c2ccc(F)cc2)CC1. The zero-order valence-corrected chi connectivity index (χ0v) is 10.5. The maximum absolute atomic E-state index is 12.9. The molecule has 3 nitrogen and oxygen atoms in total. The smallest absolute Gasteiger partial charge is 0.222 e. The summed E-state index contributed by atoms with van der Waals surface area (Å²) in [6.45, 7) is 1.07. The topological polar surface area (TPSA) is 38.3 Å². The molecule has 0 unspecified atom stereocenters. The summed E-state index contributed by atoms with van der Waals surface area (Å²) in [7, 11) is 1.58. The van der Waals surface area contributed by atoms with Crippen molar-refractivity contribution < 1.29 is 13.9 Å². The average Bonchev–Trinajstić information content (AvgIpc) is 3.16. The van der Waals surface area contributed by atoms with E-state index in [1.807, 2.05) is 12.1 Å². The minimum Gasteiger partial charge on any atom is -0.384 e. The molecule has 0 saturated heterocycles. The maximum Gasteiger partial charge on any atom is 0.222 e. The van der Waals surface area contributed by atoms with Crippen LogP contribution < -0.4 is 5.32 Å². The van der Waals surface area contributed by atoms with Crippen molar-refractivity contribution in [2.75, 3.05) is 20.3 Å². The fourth-order valence-corrected chi connectivity index (χ4v) is 2.07. The second-order valence-corrected chi connectivity index (χ2v) is 4.81. The number of nitrogens with one attached hydrogen (secondary N) is 1. The third kappa shape index (κ3) is 3.07. The Morgan fingerprint density at radius 3 is 2.61 bits per heavy atom. The molecule has 0 aliphatic heterocycles. The molecule has 0 spiro atoms. The molecule has 1 aliphatic rings. The van der Waals surface area contributed by atoms with Gasteiger partial charge in [-0.3, -0.25) is 4.79 Å². The number of ether oxygens (including phenoxy) is 1. The van der Waals surface area contributed by atoms with E-state index in [1.54, 1.807) is 7.11 Å². The van der Waals surface area contributed by atoms with Crippen LogP contribution in [-0.4, -0.2) is 26.2 Å². The summed E-state index contributed by atoms with van der Waals surface area (Å²) in [6, 6.07) is 6.57. The monoisotopic (exact) mass is 251 g/mol. The van der Waals surface area contributed by atoms with E-state index in [0.717, 1.165) is 18.4 Å². The number of benzene rings is 1. The molecular weight excluding hydrogens is 233 g/mol. The second-order valence-electron chi connectivity index (χ2n) is 4.81. The summed E-state index contributed by atoms with van der Waals surface area (Å²) < 4.78 is 17.7. The van der Waals surface area contributed by atoms with Crippen LogP contribution >= 0.6 is 0 Å². The highest BCUT2D eigenvalue weighted by atomic mass is 19.1. The first-order valence-corrected chi connectivity index (χ1v) is 6.18. The van der Waals surface area contributed by atoms with Crippen molar-refractivity contribution in [1.82, 2.24) is 5.32 Å². The van der Waals surface area contributed by atoms with Crippen molar-refractivity contribution >= 4 is 5.91 Å². The number of methoxy groups -OCH3 is 1. The van der Waals surface area contributed by atoms with Gasteiger partial charge in [0.2, 0.25) is 5.91 Å². The van der Waals surface area contributed by atoms with Crippen LogP contribution in [-0.2, 0) is 14.9 Å². The third-order valence-electron chi connectivity index (χ3n) is 3.47. The van der Waals surface area contributed by atoms with Crippen LogP contribution in [0.1, 0.15) is 24.8 Å². The Balaban J connectivity index is 1.88. The van der Waals surface area contributed by atoms with E-state index in [-0.39, 0.29) is 17.1 Å². The van der Waals surface area contributed by atoms with Gasteiger partial charge in [-0.05, 0) is 30.5 Å². The van der Waals surface area contributed by atoms with Gasteiger partial charge in [0.05, 0.1) is 6.61 Å². The highest BCUT2D eigenvalue weighted by molar-refractivity contribution is 5.76. The predicted octanol–water partition coefficient (Wildman–Crippen LogP) is 2.01. The van der Waals surface area contributed by atoms with Gasteiger partial charge in [-0.15, -0.1) is 0 Å². The molecule has 4 heteroatoms. The first-order valence-electron chi connectivity index (χ1n) is 6.18. The van der Waals surface area contributed by atoms with Gasteiger partial charge in [0, 0.05) is 25.5 Å². The van der Waals surface area contributed by atoms with Gasteiger partial charge in [0.1, 0.15) is 5.82 Å². The first kappa shape index (κ1) is 13.0. The fraction of sp³-hybridized carbons (Fsp3) is 0.500.